The molecule has 0 amide bonds. The highest BCUT2D eigenvalue weighted by molar-refractivity contribution is 7.89. The van der Waals surface area contributed by atoms with E-state index >= 15 is 0 Å². The van der Waals surface area contributed by atoms with Crippen LogP contribution in [-0.4, -0.2) is 32.3 Å². The van der Waals surface area contributed by atoms with Gasteiger partial charge in [-0.05, 0) is 69.1 Å². The zero-order chi connectivity index (χ0) is 13.8. The molecule has 0 heterocycles. The highest BCUT2D eigenvalue weighted by Crippen LogP contribution is 2.55. The lowest BCUT2D eigenvalue weighted by molar-refractivity contribution is -0.00809. The van der Waals surface area contributed by atoms with Crippen molar-refractivity contribution in [3.05, 3.63) is 0 Å². The summed E-state index contributed by atoms with van der Waals surface area (Å²) in [7, 11) is -3.12. The second kappa shape index (κ2) is 4.68. The summed E-state index contributed by atoms with van der Waals surface area (Å²) in [5, 5.41) is 3.30. The van der Waals surface area contributed by atoms with Gasteiger partial charge in [0.2, 0.25) is 10.0 Å². The Kier molecular flexibility index (Phi) is 3.17. The molecule has 0 unspecified atom stereocenters. The van der Waals surface area contributed by atoms with Crippen LogP contribution in [0.1, 0.15) is 51.4 Å². The first-order chi connectivity index (χ1) is 9.52. The van der Waals surface area contributed by atoms with Crippen LogP contribution in [0.2, 0.25) is 0 Å². The van der Waals surface area contributed by atoms with E-state index < -0.39 is 10.0 Å². The maximum atomic E-state index is 12.4. The fourth-order valence-corrected chi connectivity index (χ4v) is 6.70. The molecule has 5 heteroatoms. The standard InChI is InChI=1S/C15H26N2O2S/c18-20(19,4-3-16-14-1-2-14)17-15-8-11-5-12(9-15)7-13(6-11)10-15/h11-14,16-17H,1-10H2. The van der Waals surface area contributed by atoms with Gasteiger partial charge in [-0.2, -0.15) is 0 Å². The van der Waals surface area contributed by atoms with Crippen molar-refractivity contribution in [2.75, 3.05) is 12.3 Å². The summed E-state index contributed by atoms with van der Waals surface area (Å²) in [6.07, 6.45) is 9.75. The first-order valence-corrected chi connectivity index (χ1v) is 9.92. The van der Waals surface area contributed by atoms with E-state index in [2.05, 4.69) is 10.0 Å². The van der Waals surface area contributed by atoms with Crippen LogP contribution in [0.15, 0.2) is 0 Å². The van der Waals surface area contributed by atoms with Gasteiger partial charge in [-0.3, -0.25) is 0 Å². The molecule has 5 aliphatic carbocycles. The summed E-state index contributed by atoms with van der Waals surface area (Å²) < 4.78 is 27.9. The summed E-state index contributed by atoms with van der Waals surface area (Å²) in [6.45, 7) is 0.604. The molecular formula is C15H26N2O2S. The number of rotatable bonds is 6. The predicted molar refractivity (Wildman–Crippen MR) is 78.9 cm³/mol. The molecule has 5 aliphatic rings. The zero-order valence-electron chi connectivity index (χ0n) is 12.1. The van der Waals surface area contributed by atoms with Gasteiger partial charge < -0.3 is 5.32 Å². The Balaban J connectivity index is 1.39. The molecule has 0 aromatic carbocycles. The summed E-state index contributed by atoms with van der Waals surface area (Å²) >= 11 is 0. The van der Waals surface area contributed by atoms with Crippen molar-refractivity contribution >= 4 is 10.0 Å². The lowest BCUT2D eigenvalue weighted by atomic mass is 9.53. The Bertz CT molecular complexity index is 449. The summed E-state index contributed by atoms with van der Waals surface area (Å²) in [6, 6.07) is 0.588. The van der Waals surface area contributed by atoms with E-state index in [-0.39, 0.29) is 11.3 Å². The van der Waals surface area contributed by atoms with Gasteiger partial charge in [-0.25, -0.2) is 13.1 Å². The van der Waals surface area contributed by atoms with Gasteiger partial charge in [0.1, 0.15) is 0 Å². The van der Waals surface area contributed by atoms with Crippen molar-refractivity contribution in [2.45, 2.75) is 62.9 Å². The molecule has 0 aromatic heterocycles. The third kappa shape index (κ3) is 2.77. The second-order valence-electron chi connectivity index (χ2n) is 7.85. The summed E-state index contributed by atoms with van der Waals surface area (Å²) in [5.41, 5.74) is -0.0762. The molecule has 0 atom stereocenters. The van der Waals surface area contributed by atoms with Crippen LogP contribution in [-0.2, 0) is 10.0 Å². The maximum Gasteiger partial charge on any atom is 0.213 e. The van der Waals surface area contributed by atoms with Crippen molar-refractivity contribution in [2.24, 2.45) is 17.8 Å². The minimum absolute atomic E-state index is 0.0762. The number of hydrogen-bond donors (Lipinski definition) is 2. The van der Waals surface area contributed by atoms with Crippen LogP contribution in [0.4, 0.5) is 0 Å². The largest absolute Gasteiger partial charge is 0.313 e. The second-order valence-corrected chi connectivity index (χ2v) is 9.69. The molecule has 4 nitrogen and oxygen atoms in total. The molecular weight excluding hydrogens is 272 g/mol. The first-order valence-electron chi connectivity index (χ1n) is 8.27. The molecule has 0 spiro atoms. The average molecular weight is 298 g/mol. The highest BCUT2D eigenvalue weighted by atomic mass is 32.2. The van der Waals surface area contributed by atoms with Gasteiger partial charge in [0.05, 0.1) is 5.75 Å². The van der Waals surface area contributed by atoms with Gasteiger partial charge in [-0.1, -0.05) is 0 Å². The highest BCUT2D eigenvalue weighted by Gasteiger charge is 2.52. The third-order valence-corrected chi connectivity index (χ3v) is 7.28. The van der Waals surface area contributed by atoms with Gasteiger partial charge in [0.25, 0.3) is 0 Å². The quantitative estimate of drug-likeness (QED) is 0.783. The molecule has 4 bridgehead atoms. The van der Waals surface area contributed by atoms with E-state index in [1.54, 1.807) is 0 Å². The molecule has 0 radical (unpaired) electrons. The monoisotopic (exact) mass is 298 g/mol. The van der Waals surface area contributed by atoms with Crippen molar-refractivity contribution in [3.63, 3.8) is 0 Å². The average Bonchev–Trinajstić information content (AvgIpc) is 3.08. The Morgan fingerprint density at radius 3 is 2.00 bits per heavy atom. The molecule has 0 aromatic rings. The minimum Gasteiger partial charge on any atom is -0.313 e. The number of nitrogens with one attached hydrogen (secondary N) is 2. The smallest absolute Gasteiger partial charge is 0.213 e. The van der Waals surface area contributed by atoms with Gasteiger partial charge >= 0.3 is 0 Å². The van der Waals surface area contributed by atoms with E-state index in [1.807, 2.05) is 0 Å². The number of sulfonamides is 1. The van der Waals surface area contributed by atoms with E-state index in [9.17, 15) is 8.42 Å². The van der Waals surface area contributed by atoms with E-state index in [4.69, 9.17) is 0 Å². The van der Waals surface area contributed by atoms with E-state index in [0.29, 0.717) is 12.6 Å². The van der Waals surface area contributed by atoms with Crippen LogP contribution in [0.25, 0.3) is 0 Å². The summed E-state index contributed by atoms with van der Waals surface area (Å²) in [4.78, 5) is 0. The lowest BCUT2D eigenvalue weighted by Gasteiger charge is -2.56. The fourth-order valence-electron chi connectivity index (χ4n) is 5.30. The fraction of sp³-hybridized carbons (Fsp3) is 1.00. The van der Waals surface area contributed by atoms with Crippen molar-refractivity contribution in [1.29, 1.82) is 0 Å². The minimum atomic E-state index is -3.12. The van der Waals surface area contributed by atoms with Crippen molar-refractivity contribution < 1.29 is 8.42 Å². The molecule has 5 fully saturated rings. The molecule has 5 rings (SSSR count). The Hall–Kier alpha value is -0.130. The zero-order valence-corrected chi connectivity index (χ0v) is 12.9. The van der Waals surface area contributed by atoms with Gasteiger partial charge in [0.15, 0.2) is 0 Å². The normalized spacial score (nSPS) is 43.1. The van der Waals surface area contributed by atoms with Crippen LogP contribution in [0.3, 0.4) is 0 Å². The Morgan fingerprint density at radius 2 is 1.50 bits per heavy atom. The Morgan fingerprint density at radius 1 is 0.950 bits per heavy atom. The number of hydrogen-bond acceptors (Lipinski definition) is 3. The topological polar surface area (TPSA) is 58.2 Å². The predicted octanol–water partition coefficient (Wildman–Crippen LogP) is 1.63. The van der Waals surface area contributed by atoms with E-state index in [0.717, 1.165) is 37.0 Å². The van der Waals surface area contributed by atoms with Crippen LogP contribution >= 0.6 is 0 Å². The van der Waals surface area contributed by atoms with Gasteiger partial charge in [-0.15, -0.1) is 0 Å². The molecule has 0 aliphatic heterocycles. The van der Waals surface area contributed by atoms with Gasteiger partial charge in [0, 0.05) is 18.1 Å². The maximum absolute atomic E-state index is 12.4. The molecule has 0 saturated heterocycles. The molecule has 20 heavy (non-hydrogen) atoms. The van der Waals surface area contributed by atoms with Crippen molar-refractivity contribution in [3.8, 4) is 0 Å². The molecule has 2 N–H and O–H groups in total. The third-order valence-electron chi connectivity index (χ3n) is 5.79. The lowest BCUT2D eigenvalue weighted by Crippen LogP contribution is -2.60. The van der Waals surface area contributed by atoms with E-state index in [1.165, 1.54) is 32.1 Å². The SMILES string of the molecule is O=S(=O)(CCNC1CC1)NC12CC3CC(CC(C3)C1)C2. The Labute approximate surface area is 122 Å². The van der Waals surface area contributed by atoms with Crippen LogP contribution in [0.5, 0.6) is 0 Å². The molecule has 114 valence electrons. The van der Waals surface area contributed by atoms with Crippen LogP contribution in [0, 0.1) is 17.8 Å². The summed E-state index contributed by atoms with van der Waals surface area (Å²) in [5.74, 6) is 2.60. The first kappa shape index (κ1) is 13.5. The molecule has 5 saturated carbocycles. The van der Waals surface area contributed by atoms with Crippen LogP contribution < -0.4 is 10.0 Å². The van der Waals surface area contributed by atoms with Crippen molar-refractivity contribution in [1.82, 2.24) is 10.0 Å².